The molecule has 0 radical (unpaired) electrons. The van der Waals surface area contributed by atoms with Crippen molar-refractivity contribution in [1.29, 1.82) is 0 Å². The van der Waals surface area contributed by atoms with Gasteiger partial charge in [-0.1, -0.05) is 27.7 Å². The lowest BCUT2D eigenvalue weighted by molar-refractivity contribution is -0.211. The average Bonchev–Trinajstić information content (AvgIpc) is 3.35. The summed E-state index contributed by atoms with van der Waals surface area (Å²) < 4.78 is 6.42. The fourth-order valence-corrected chi connectivity index (χ4v) is 9.20. The standard InChI is InChI=1S/C33H52N4O5S/c1-21-10-12-33-13-11-25(38)28(33)32(21,4)26(18-31(3,14-17-36-20-35)29(40)22(33)2)42-27(39)19-43-24-8-6-23(7-9-24)30(41)37-16-5-15-34/h6-9,21-22,26,28-29,36,40H,5,10-20,34-35H2,1-4H3,(H,37,41). The summed E-state index contributed by atoms with van der Waals surface area (Å²) in [7, 11) is 0. The second-order valence-electron chi connectivity index (χ2n) is 13.7. The van der Waals surface area contributed by atoms with Crippen LogP contribution < -0.4 is 22.1 Å². The molecule has 3 saturated carbocycles. The number of aliphatic hydroxyl groups is 1. The third-order valence-corrected chi connectivity index (χ3v) is 12.3. The lowest BCUT2D eigenvalue weighted by Crippen LogP contribution is -2.63. The number of thioether (sulfide) groups is 1. The Morgan fingerprint density at radius 2 is 1.84 bits per heavy atom. The molecule has 2 bridgehead atoms. The van der Waals surface area contributed by atoms with Gasteiger partial charge in [-0.3, -0.25) is 14.4 Å². The number of aliphatic hydroxyl groups excluding tert-OH is 1. The summed E-state index contributed by atoms with van der Waals surface area (Å²) in [4.78, 5) is 40.3. The summed E-state index contributed by atoms with van der Waals surface area (Å²) in [6.45, 7) is 10.7. The van der Waals surface area contributed by atoms with Crippen LogP contribution in [0.15, 0.2) is 29.2 Å². The molecule has 0 aliphatic heterocycles. The number of carbonyl (C=O) groups excluding carboxylic acids is 3. The molecule has 8 unspecified atom stereocenters. The lowest BCUT2D eigenvalue weighted by Gasteiger charge is -2.62. The lowest BCUT2D eigenvalue weighted by atomic mass is 9.43. The first-order valence-electron chi connectivity index (χ1n) is 15.9. The molecule has 43 heavy (non-hydrogen) atoms. The number of rotatable bonds is 12. The minimum absolute atomic E-state index is 0.0448. The Labute approximate surface area is 261 Å². The summed E-state index contributed by atoms with van der Waals surface area (Å²) in [6, 6.07) is 7.17. The van der Waals surface area contributed by atoms with E-state index in [0.717, 1.165) is 30.6 Å². The van der Waals surface area contributed by atoms with Crippen LogP contribution in [-0.4, -0.2) is 67.0 Å². The van der Waals surface area contributed by atoms with Crippen LogP contribution in [0.3, 0.4) is 0 Å². The molecule has 1 aromatic carbocycles. The van der Waals surface area contributed by atoms with Crippen molar-refractivity contribution in [2.24, 2.45) is 45.5 Å². The maximum absolute atomic E-state index is 13.7. The molecule has 10 heteroatoms. The first-order chi connectivity index (χ1) is 20.4. The second-order valence-corrected chi connectivity index (χ2v) is 14.7. The zero-order chi connectivity index (χ0) is 31.4. The second kappa shape index (κ2) is 14.0. The quantitative estimate of drug-likeness (QED) is 0.103. The molecule has 3 fully saturated rings. The van der Waals surface area contributed by atoms with Crippen molar-refractivity contribution < 1.29 is 24.2 Å². The summed E-state index contributed by atoms with van der Waals surface area (Å²) in [5.74, 6) is -0.219. The van der Waals surface area contributed by atoms with E-state index in [4.69, 9.17) is 16.2 Å². The van der Waals surface area contributed by atoms with Crippen LogP contribution in [0.5, 0.6) is 0 Å². The van der Waals surface area contributed by atoms with Gasteiger partial charge < -0.3 is 31.9 Å². The molecule has 1 amide bonds. The number of amides is 1. The minimum atomic E-state index is -0.639. The number of ether oxygens (including phenoxy) is 1. The Balaban J connectivity index is 1.55. The molecule has 0 spiro atoms. The average molecular weight is 617 g/mol. The summed E-state index contributed by atoms with van der Waals surface area (Å²) in [6.07, 6.45) is 3.90. The van der Waals surface area contributed by atoms with Crippen molar-refractivity contribution in [3.63, 3.8) is 0 Å². The number of nitrogens with one attached hydrogen (secondary N) is 2. The number of ketones is 1. The molecule has 3 aliphatic rings. The minimum Gasteiger partial charge on any atom is -0.461 e. The van der Waals surface area contributed by atoms with Gasteiger partial charge in [-0.25, -0.2) is 0 Å². The van der Waals surface area contributed by atoms with Crippen molar-refractivity contribution in [3.8, 4) is 0 Å². The summed E-state index contributed by atoms with van der Waals surface area (Å²) >= 11 is 1.36. The molecule has 0 heterocycles. The van der Waals surface area contributed by atoms with Gasteiger partial charge in [0, 0.05) is 41.4 Å². The number of nitrogens with two attached hydrogens (primary N) is 2. The molecule has 7 N–H and O–H groups in total. The number of Topliss-reactive ketones (excluding diaryl/α,β-unsaturated/α-hetero) is 1. The van der Waals surface area contributed by atoms with Gasteiger partial charge in [0.2, 0.25) is 0 Å². The normalized spacial score (nSPS) is 35.5. The van der Waals surface area contributed by atoms with E-state index < -0.39 is 23.0 Å². The van der Waals surface area contributed by atoms with Crippen LogP contribution in [0.4, 0.5) is 0 Å². The van der Waals surface area contributed by atoms with Gasteiger partial charge in [-0.05, 0) is 98.5 Å². The van der Waals surface area contributed by atoms with Gasteiger partial charge in [-0.15, -0.1) is 11.8 Å². The van der Waals surface area contributed by atoms with Crippen LogP contribution in [0.1, 0.15) is 83.0 Å². The molecule has 8 atom stereocenters. The number of esters is 1. The zero-order valence-electron chi connectivity index (χ0n) is 26.3. The van der Waals surface area contributed by atoms with Gasteiger partial charge in [0.25, 0.3) is 5.91 Å². The fraction of sp³-hybridized carbons (Fsp3) is 0.727. The van der Waals surface area contributed by atoms with Crippen molar-refractivity contribution >= 4 is 29.4 Å². The van der Waals surface area contributed by atoms with E-state index in [-0.39, 0.29) is 46.6 Å². The van der Waals surface area contributed by atoms with Gasteiger partial charge in [-0.2, -0.15) is 0 Å². The van der Waals surface area contributed by atoms with E-state index in [1.807, 2.05) is 12.1 Å². The van der Waals surface area contributed by atoms with Crippen LogP contribution in [0, 0.1) is 34.0 Å². The van der Waals surface area contributed by atoms with E-state index in [1.165, 1.54) is 11.8 Å². The maximum Gasteiger partial charge on any atom is 0.316 e. The highest BCUT2D eigenvalue weighted by Crippen LogP contribution is 2.68. The van der Waals surface area contributed by atoms with Crippen LogP contribution in [0.2, 0.25) is 0 Å². The molecule has 0 aromatic heterocycles. The molecular weight excluding hydrogens is 564 g/mol. The highest BCUT2D eigenvalue weighted by molar-refractivity contribution is 8.00. The Hall–Kier alpha value is -1.98. The molecule has 9 nitrogen and oxygen atoms in total. The zero-order valence-corrected chi connectivity index (χ0v) is 27.1. The predicted molar refractivity (Wildman–Crippen MR) is 169 cm³/mol. The maximum atomic E-state index is 13.7. The van der Waals surface area contributed by atoms with Crippen LogP contribution >= 0.6 is 11.8 Å². The Morgan fingerprint density at radius 3 is 2.51 bits per heavy atom. The van der Waals surface area contributed by atoms with E-state index in [9.17, 15) is 19.5 Å². The Bertz CT molecular complexity index is 1150. The van der Waals surface area contributed by atoms with E-state index >= 15 is 0 Å². The topological polar surface area (TPSA) is 157 Å². The largest absolute Gasteiger partial charge is 0.461 e. The first-order valence-corrected chi connectivity index (χ1v) is 16.9. The number of carbonyl (C=O) groups is 3. The molecule has 0 saturated heterocycles. The van der Waals surface area contributed by atoms with Crippen molar-refractivity contribution in [2.45, 2.75) is 89.7 Å². The van der Waals surface area contributed by atoms with Crippen LogP contribution in [-0.2, 0) is 14.3 Å². The smallest absolute Gasteiger partial charge is 0.316 e. The van der Waals surface area contributed by atoms with Gasteiger partial charge in [0.1, 0.15) is 11.9 Å². The van der Waals surface area contributed by atoms with Gasteiger partial charge >= 0.3 is 5.97 Å². The number of benzene rings is 1. The number of hydrogen-bond donors (Lipinski definition) is 5. The van der Waals surface area contributed by atoms with Crippen molar-refractivity contribution in [3.05, 3.63) is 29.8 Å². The number of hydrogen-bond acceptors (Lipinski definition) is 9. The Kier molecular flexibility index (Phi) is 11.0. The SMILES string of the molecule is CC1C(O)C(C)(CCNCN)CC(OC(=O)CSc2ccc(C(=O)NCCCN)cc2)C2(C)C(C)CCC13CCC(=O)C32. The Morgan fingerprint density at radius 1 is 1.12 bits per heavy atom. The molecular formula is C33H52N4O5S. The fourth-order valence-electron chi connectivity index (χ4n) is 8.52. The van der Waals surface area contributed by atoms with Gasteiger partial charge in [0.05, 0.1) is 11.9 Å². The molecule has 240 valence electrons. The van der Waals surface area contributed by atoms with Crippen LogP contribution in [0.25, 0.3) is 0 Å². The predicted octanol–water partition coefficient (Wildman–Crippen LogP) is 3.47. The highest BCUT2D eigenvalue weighted by atomic mass is 32.2. The van der Waals surface area contributed by atoms with E-state index in [1.54, 1.807) is 12.1 Å². The first kappa shape index (κ1) is 33.9. The van der Waals surface area contributed by atoms with Crippen molar-refractivity contribution in [2.75, 3.05) is 32.1 Å². The molecule has 1 aromatic rings. The van der Waals surface area contributed by atoms with E-state index in [0.29, 0.717) is 51.1 Å². The monoisotopic (exact) mass is 616 g/mol. The van der Waals surface area contributed by atoms with Crippen molar-refractivity contribution in [1.82, 2.24) is 10.6 Å². The molecule has 3 aliphatic carbocycles. The third-order valence-electron chi connectivity index (χ3n) is 11.3. The summed E-state index contributed by atoms with van der Waals surface area (Å²) in [5, 5.41) is 18.0. The molecule has 4 rings (SSSR count). The third kappa shape index (κ3) is 6.69. The summed E-state index contributed by atoms with van der Waals surface area (Å²) in [5.41, 5.74) is 10.4. The van der Waals surface area contributed by atoms with E-state index in [2.05, 4.69) is 38.3 Å². The van der Waals surface area contributed by atoms with Gasteiger partial charge in [0.15, 0.2) is 0 Å². The highest BCUT2D eigenvalue weighted by Gasteiger charge is 2.68.